The molecule has 0 radical (unpaired) electrons. The van der Waals surface area contributed by atoms with Crippen LogP contribution in [0.25, 0.3) is 5.57 Å². The van der Waals surface area contributed by atoms with Crippen molar-refractivity contribution < 1.29 is 0 Å². The predicted octanol–water partition coefficient (Wildman–Crippen LogP) is 6.09. The van der Waals surface area contributed by atoms with Crippen LogP contribution in [0.5, 0.6) is 0 Å². The van der Waals surface area contributed by atoms with Crippen LogP contribution >= 0.6 is 0 Å². The lowest BCUT2D eigenvalue weighted by atomic mass is 9.93. The molecule has 0 heterocycles. The fourth-order valence-corrected chi connectivity index (χ4v) is 2.51. The minimum Gasteiger partial charge on any atom is -0.0844 e. The van der Waals surface area contributed by atoms with E-state index >= 15 is 0 Å². The maximum Gasteiger partial charge on any atom is -0.0224 e. The number of rotatable bonds is 5. The van der Waals surface area contributed by atoms with E-state index in [2.05, 4.69) is 74.6 Å². The third kappa shape index (κ3) is 4.09. The number of benzene rings is 1. The van der Waals surface area contributed by atoms with E-state index in [0.29, 0.717) is 0 Å². The molecule has 0 atom stereocenters. The minimum atomic E-state index is 1.14. The summed E-state index contributed by atoms with van der Waals surface area (Å²) in [5.74, 6) is 0. The Hall–Kier alpha value is -1.82. The summed E-state index contributed by atoms with van der Waals surface area (Å²) in [6.45, 7) is 4.35. The first-order valence-electron chi connectivity index (χ1n) is 7.62. The van der Waals surface area contributed by atoms with Crippen LogP contribution in [0.15, 0.2) is 71.9 Å². The normalized spacial score (nSPS) is 16.2. The summed E-state index contributed by atoms with van der Waals surface area (Å²) in [4.78, 5) is 0. The Balaban J connectivity index is 2.05. The summed E-state index contributed by atoms with van der Waals surface area (Å²) in [5.41, 5.74) is 5.67. The molecule has 1 aromatic carbocycles. The van der Waals surface area contributed by atoms with Gasteiger partial charge in [0.2, 0.25) is 0 Å². The van der Waals surface area contributed by atoms with Crippen molar-refractivity contribution >= 4 is 5.57 Å². The molecule has 0 amide bonds. The van der Waals surface area contributed by atoms with Crippen molar-refractivity contribution in [3.63, 3.8) is 0 Å². The van der Waals surface area contributed by atoms with Crippen molar-refractivity contribution in [3.8, 4) is 0 Å². The van der Waals surface area contributed by atoms with Crippen LogP contribution in [0.4, 0.5) is 0 Å². The number of hydrogen-bond acceptors (Lipinski definition) is 0. The van der Waals surface area contributed by atoms with E-state index in [-0.39, 0.29) is 0 Å². The van der Waals surface area contributed by atoms with Gasteiger partial charge in [0.15, 0.2) is 0 Å². The van der Waals surface area contributed by atoms with Gasteiger partial charge in [-0.15, -0.1) is 0 Å². The summed E-state index contributed by atoms with van der Waals surface area (Å²) in [6, 6.07) is 10.7. The molecule has 20 heavy (non-hydrogen) atoms. The zero-order valence-corrected chi connectivity index (χ0v) is 12.6. The molecular weight excluding hydrogens is 240 g/mol. The smallest absolute Gasteiger partial charge is 0.0224 e. The Labute approximate surface area is 123 Å². The average molecular weight is 264 g/mol. The molecule has 0 saturated heterocycles. The van der Waals surface area contributed by atoms with Crippen molar-refractivity contribution in [2.45, 2.75) is 39.5 Å². The zero-order chi connectivity index (χ0) is 14.2. The summed E-state index contributed by atoms with van der Waals surface area (Å²) >= 11 is 0. The Morgan fingerprint density at radius 2 is 1.90 bits per heavy atom. The Morgan fingerprint density at radius 3 is 2.50 bits per heavy atom. The van der Waals surface area contributed by atoms with Gasteiger partial charge < -0.3 is 0 Å². The van der Waals surface area contributed by atoms with Crippen LogP contribution in [-0.2, 0) is 0 Å². The molecule has 0 bridgehead atoms. The topological polar surface area (TPSA) is 0 Å². The van der Waals surface area contributed by atoms with E-state index in [1.807, 2.05) is 0 Å². The van der Waals surface area contributed by atoms with Gasteiger partial charge in [0, 0.05) is 0 Å². The highest BCUT2D eigenvalue weighted by Gasteiger charge is 2.06. The third-order valence-corrected chi connectivity index (χ3v) is 3.75. The monoisotopic (exact) mass is 264 g/mol. The molecule has 2 rings (SSSR count). The van der Waals surface area contributed by atoms with Crippen LogP contribution in [0, 0.1) is 0 Å². The lowest BCUT2D eigenvalue weighted by molar-refractivity contribution is 0.922. The summed E-state index contributed by atoms with van der Waals surface area (Å²) < 4.78 is 0. The first-order valence-corrected chi connectivity index (χ1v) is 7.62. The van der Waals surface area contributed by atoms with E-state index in [1.165, 1.54) is 35.1 Å². The van der Waals surface area contributed by atoms with E-state index < -0.39 is 0 Å². The van der Waals surface area contributed by atoms with Crippen molar-refractivity contribution in [1.29, 1.82) is 0 Å². The third-order valence-electron chi connectivity index (χ3n) is 3.75. The molecule has 1 aliphatic rings. The van der Waals surface area contributed by atoms with Gasteiger partial charge in [0.1, 0.15) is 0 Å². The Bertz CT molecular complexity index is 539. The molecular formula is C20H24. The van der Waals surface area contributed by atoms with E-state index in [4.69, 9.17) is 0 Å². The summed E-state index contributed by atoms with van der Waals surface area (Å²) in [5, 5.41) is 0. The molecule has 0 nitrogen and oxygen atoms in total. The van der Waals surface area contributed by atoms with Gasteiger partial charge in [-0.05, 0) is 42.9 Å². The van der Waals surface area contributed by atoms with Crippen LogP contribution in [-0.4, -0.2) is 0 Å². The first-order chi connectivity index (χ1) is 9.83. The second-order valence-corrected chi connectivity index (χ2v) is 5.25. The molecule has 0 unspecified atom stereocenters. The Kier molecular flexibility index (Phi) is 5.61. The van der Waals surface area contributed by atoms with Gasteiger partial charge in [-0.25, -0.2) is 0 Å². The minimum absolute atomic E-state index is 1.14. The molecule has 0 heteroatoms. The van der Waals surface area contributed by atoms with E-state index in [0.717, 1.165) is 12.8 Å². The molecule has 1 aliphatic carbocycles. The van der Waals surface area contributed by atoms with Gasteiger partial charge in [-0.1, -0.05) is 79.6 Å². The SMILES string of the molecule is CC=C(C=CC1=CC=C(c2ccccc2)CC1)CCC. The van der Waals surface area contributed by atoms with Crippen molar-refractivity contribution in [2.75, 3.05) is 0 Å². The maximum absolute atomic E-state index is 2.28. The van der Waals surface area contributed by atoms with Crippen LogP contribution in [0.1, 0.15) is 45.1 Å². The molecule has 0 saturated carbocycles. The first kappa shape index (κ1) is 14.6. The summed E-state index contributed by atoms with van der Waals surface area (Å²) in [6.07, 6.45) is 16.0. The lowest BCUT2D eigenvalue weighted by Crippen LogP contribution is -1.92. The van der Waals surface area contributed by atoms with Gasteiger partial charge in [0.25, 0.3) is 0 Å². The average Bonchev–Trinajstić information content (AvgIpc) is 2.53. The van der Waals surface area contributed by atoms with E-state index in [1.54, 1.807) is 0 Å². The van der Waals surface area contributed by atoms with Crippen LogP contribution in [0.3, 0.4) is 0 Å². The standard InChI is InChI=1S/C20H24/c1-3-8-17(4-2)11-12-18-13-15-20(16-14-18)19-9-6-5-7-10-19/h4-7,9-13,15H,3,8,14,16H2,1-2H3. The highest BCUT2D eigenvalue weighted by atomic mass is 14.1. The fraction of sp³-hybridized carbons (Fsp3) is 0.300. The van der Waals surface area contributed by atoms with Gasteiger partial charge >= 0.3 is 0 Å². The number of hydrogen-bond donors (Lipinski definition) is 0. The second-order valence-electron chi connectivity index (χ2n) is 5.25. The van der Waals surface area contributed by atoms with Crippen LogP contribution < -0.4 is 0 Å². The maximum atomic E-state index is 2.28. The fourth-order valence-electron chi connectivity index (χ4n) is 2.51. The second kappa shape index (κ2) is 7.69. The van der Waals surface area contributed by atoms with Crippen molar-refractivity contribution in [3.05, 3.63) is 77.4 Å². The zero-order valence-electron chi connectivity index (χ0n) is 12.6. The molecule has 104 valence electrons. The molecule has 1 aromatic rings. The van der Waals surface area contributed by atoms with Crippen molar-refractivity contribution in [1.82, 2.24) is 0 Å². The largest absolute Gasteiger partial charge is 0.0844 e. The van der Waals surface area contributed by atoms with Gasteiger partial charge in [0.05, 0.1) is 0 Å². The van der Waals surface area contributed by atoms with E-state index in [9.17, 15) is 0 Å². The van der Waals surface area contributed by atoms with Crippen LogP contribution in [0.2, 0.25) is 0 Å². The Morgan fingerprint density at radius 1 is 1.10 bits per heavy atom. The molecule has 0 spiro atoms. The summed E-state index contributed by atoms with van der Waals surface area (Å²) in [7, 11) is 0. The van der Waals surface area contributed by atoms with Crippen molar-refractivity contribution in [2.24, 2.45) is 0 Å². The number of allylic oxidation sites excluding steroid dienone is 8. The quantitative estimate of drug-likeness (QED) is 0.564. The lowest BCUT2D eigenvalue weighted by Gasteiger charge is -2.13. The van der Waals surface area contributed by atoms with Gasteiger partial charge in [-0.2, -0.15) is 0 Å². The molecule has 0 aliphatic heterocycles. The highest BCUT2D eigenvalue weighted by Crippen LogP contribution is 2.27. The van der Waals surface area contributed by atoms with Gasteiger partial charge in [-0.3, -0.25) is 0 Å². The molecule has 0 aromatic heterocycles. The molecule has 0 fully saturated rings. The molecule has 0 N–H and O–H groups in total. The highest BCUT2D eigenvalue weighted by molar-refractivity contribution is 5.69. The predicted molar refractivity (Wildman–Crippen MR) is 89.5 cm³/mol.